The molecule has 50 heavy (non-hydrogen) atoms. The molecule has 4 heterocycles. The Morgan fingerprint density at radius 1 is 0.720 bits per heavy atom. The number of aryl methyl sites for hydroxylation is 1. The Kier molecular flexibility index (Phi) is 13.5. The van der Waals surface area contributed by atoms with E-state index in [1.54, 1.807) is 7.11 Å². The molecule has 2 aromatic carbocycles. The first-order chi connectivity index (χ1) is 23.9. The fourth-order valence-corrected chi connectivity index (χ4v) is 4.76. The summed E-state index contributed by atoms with van der Waals surface area (Å²) in [6, 6.07) is 14.8. The number of carbonyl (C=O) groups excluding carboxylic acids is 4. The van der Waals surface area contributed by atoms with E-state index in [-0.39, 0.29) is 65.6 Å². The number of carbonyl (C=O) groups is 4. The minimum absolute atomic E-state index is 0.00756. The van der Waals surface area contributed by atoms with Crippen LogP contribution in [0.25, 0.3) is 0 Å². The molecule has 6 rings (SSSR count). The standard InChI is InChI=1S/C15H15ClN6O3.C8H11N.C7H5Cl2N5O2/c1-25-10-4-2-9(3-5-10)6-17-14-19-11(18-13(16)21-14)7-22-8-12(23)20-15(22)24;1-7-2-4-8(6-9)5-3-7;8-5-10-3(11-6(9)13-5)1-14-2-4(15)12-7(14)16/h2-5H,6-8H2,1H3,(H,20,23,24)(H,17,18,19,21);2-5H,6,9H2,1H3;1-2H2,(H,12,15,16). The van der Waals surface area contributed by atoms with Crippen molar-refractivity contribution in [2.24, 2.45) is 5.73 Å². The van der Waals surface area contributed by atoms with Crippen molar-refractivity contribution < 1.29 is 23.9 Å². The third-order valence-electron chi connectivity index (χ3n) is 6.65. The van der Waals surface area contributed by atoms with Crippen molar-refractivity contribution in [2.75, 3.05) is 25.5 Å². The molecule has 2 aliphatic rings. The maximum absolute atomic E-state index is 11.6. The number of nitrogens with zero attached hydrogens (tertiary/aromatic N) is 8. The molecule has 5 N–H and O–H groups in total. The first-order valence-electron chi connectivity index (χ1n) is 14.7. The summed E-state index contributed by atoms with van der Waals surface area (Å²) in [7, 11) is 1.61. The van der Waals surface area contributed by atoms with Gasteiger partial charge in [-0.05, 0) is 65.0 Å². The molecule has 6 amide bonds. The van der Waals surface area contributed by atoms with Crippen LogP contribution in [0.2, 0.25) is 15.9 Å². The number of ether oxygens (including phenoxy) is 1. The summed E-state index contributed by atoms with van der Waals surface area (Å²) in [5.41, 5.74) is 8.88. The second-order valence-electron chi connectivity index (χ2n) is 10.4. The Hall–Kier alpha value is -5.23. The third-order valence-corrected chi connectivity index (χ3v) is 7.16. The van der Waals surface area contributed by atoms with E-state index in [1.165, 1.54) is 20.9 Å². The average molecular weight is 746 g/mol. The fourth-order valence-electron chi connectivity index (χ4n) is 4.19. The highest BCUT2D eigenvalue weighted by Gasteiger charge is 2.28. The molecule has 2 aliphatic heterocycles. The number of nitrogens with one attached hydrogen (secondary N) is 3. The minimum atomic E-state index is -0.488. The number of anilines is 1. The van der Waals surface area contributed by atoms with Gasteiger partial charge in [-0.15, -0.1) is 0 Å². The number of methoxy groups -OCH3 is 1. The molecule has 0 bridgehead atoms. The van der Waals surface area contributed by atoms with Gasteiger partial charge in [-0.2, -0.15) is 15.0 Å². The van der Waals surface area contributed by atoms with Crippen LogP contribution in [-0.2, 0) is 35.8 Å². The second kappa shape index (κ2) is 18.0. The molecular weight excluding hydrogens is 715 g/mol. The van der Waals surface area contributed by atoms with Gasteiger partial charge in [0.1, 0.15) is 18.8 Å². The van der Waals surface area contributed by atoms with Crippen LogP contribution in [0.15, 0.2) is 48.5 Å². The second-order valence-corrected chi connectivity index (χ2v) is 11.5. The summed E-state index contributed by atoms with van der Waals surface area (Å²) in [6.45, 7) is 3.25. The molecule has 17 nitrogen and oxygen atoms in total. The van der Waals surface area contributed by atoms with Gasteiger partial charge in [-0.1, -0.05) is 42.0 Å². The number of urea groups is 2. The molecule has 0 spiro atoms. The Morgan fingerprint density at radius 3 is 1.66 bits per heavy atom. The highest BCUT2D eigenvalue weighted by atomic mass is 35.5. The first kappa shape index (κ1) is 37.6. The van der Waals surface area contributed by atoms with Crippen molar-refractivity contribution in [1.82, 2.24) is 50.3 Å². The molecule has 2 saturated heterocycles. The van der Waals surface area contributed by atoms with Crippen molar-refractivity contribution >= 4 is 64.6 Å². The average Bonchev–Trinajstić information content (AvgIpc) is 3.56. The zero-order valence-corrected chi connectivity index (χ0v) is 29.0. The number of imide groups is 2. The minimum Gasteiger partial charge on any atom is -0.497 e. The van der Waals surface area contributed by atoms with Crippen LogP contribution in [0, 0.1) is 6.92 Å². The molecule has 2 fully saturated rings. The van der Waals surface area contributed by atoms with Gasteiger partial charge in [0.15, 0.2) is 11.6 Å². The Bertz CT molecular complexity index is 1810. The lowest BCUT2D eigenvalue weighted by atomic mass is 10.2. The lowest BCUT2D eigenvalue weighted by molar-refractivity contribution is -0.119. The van der Waals surface area contributed by atoms with Crippen molar-refractivity contribution in [2.45, 2.75) is 33.1 Å². The van der Waals surface area contributed by atoms with Gasteiger partial charge in [0.25, 0.3) is 0 Å². The number of amides is 6. The van der Waals surface area contributed by atoms with Crippen LogP contribution in [-0.4, -0.2) is 83.8 Å². The maximum atomic E-state index is 11.6. The molecule has 2 aromatic heterocycles. The Labute approximate surface area is 300 Å². The molecule has 0 saturated carbocycles. The Morgan fingerprint density at radius 2 is 1.20 bits per heavy atom. The van der Waals surface area contributed by atoms with Gasteiger partial charge >= 0.3 is 12.1 Å². The van der Waals surface area contributed by atoms with Gasteiger partial charge in [0.2, 0.25) is 33.6 Å². The molecular formula is C30H31Cl3N12O5. The predicted octanol–water partition coefficient (Wildman–Crippen LogP) is 2.88. The van der Waals surface area contributed by atoms with E-state index in [0.29, 0.717) is 18.9 Å². The summed E-state index contributed by atoms with van der Waals surface area (Å²) < 4.78 is 5.11. The molecule has 0 unspecified atom stereocenters. The van der Waals surface area contributed by atoms with Crippen LogP contribution in [0.1, 0.15) is 28.3 Å². The van der Waals surface area contributed by atoms with E-state index < -0.39 is 12.1 Å². The number of aromatic nitrogens is 6. The first-order valence-corrected chi connectivity index (χ1v) is 15.8. The van der Waals surface area contributed by atoms with Crippen LogP contribution in [0.4, 0.5) is 15.5 Å². The van der Waals surface area contributed by atoms with E-state index in [4.69, 9.17) is 45.3 Å². The van der Waals surface area contributed by atoms with Crippen LogP contribution < -0.4 is 26.4 Å². The van der Waals surface area contributed by atoms with Crippen LogP contribution >= 0.6 is 34.8 Å². The van der Waals surface area contributed by atoms with E-state index in [0.717, 1.165) is 11.3 Å². The number of hydrogen-bond donors (Lipinski definition) is 4. The lowest BCUT2D eigenvalue weighted by Crippen LogP contribution is -2.28. The van der Waals surface area contributed by atoms with Crippen molar-refractivity contribution in [1.29, 1.82) is 0 Å². The molecule has 262 valence electrons. The van der Waals surface area contributed by atoms with E-state index in [1.807, 2.05) is 24.3 Å². The van der Waals surface area contributed by atoms with E-state index >= 15 is 0 Å². The number of nitrogens with two attached hydrogens (primary N) is 1. The topological polar surface area (TPSA) is 223 Å². The van der Waals surface area contributed by atoms with Gasteiger partial charge in [-0.25, -0.2) is 24.5 Å². The quantitative estimate of drug-likeness (QED) is 0.181. The largest absolute Gasteiger partial charge is 0.497 e. The van der Waals surface area contributed by atoms with Crippen LogP contribution in [0.3, 0.4) is 0 Å². The molecule has 0 aliphatic carbocycles. The van der Waals surface area contributed by atoms with Gasteiger partial charge in [0, 0.05) is 13.1 Å². The summed E-state index contributed by atoms with van der Waals surface area (Å²) in [6.07, 6.45) is 0. The monoisotopic (exact) mass is 744 g/mol. The van der Waals surface area contributed by atoms with Crippen LogP contribution in [0.5, 0.6) is 5.75 Å². The number of halogens is 3. The maximum Gasteiger partial charge on any atom is 0.324 e. The molecule has 20 heteroatoms. The summed E-state index contributed by atoms with van der Waals surface area (Å²) in [5, 5.41) is 7.27. The SMILES string of the molecule is COc1ccc(CNc2nc(Cl)nc(CN3CC(=O)NC3=O)n2)cc1.Cc1ccc(CN)cc1.O=C1CN(Cc2nc(Cl)nc(Cl)n2)C(=O)N1. The van der Waals surface area contributed by atoms with Gasteiger partial charge in [-0.3, -0.25) is 20.2 Å². The lowest BCUT2D eigenvalue weighted by Gasteiger charge is -2.12. The van der Waals surface area contributed by atoms with Crippen molar-refractivity contribution in [3.05, 3.63) is 92.7 Å². The predicted molar refractivity (Wildman–Crippen MR) is 182 cm³/mol. The molecule has 0 radical (unpaired) electrons. The number of benzene rings is 2. The summed E-state index contributed by atoms with van der Waals surface area (Å²) in [5.74, 6) is 0.862. The highest BCUT2D eigenvalue weighted by Crippen LogP contribution is 2.14. The fraction of sp³-hybridized carbons (Fsp3) is 0.267. The normalized spacial score (nSPS) is 13.6. The van der Waals surface area contributed by atoms with E-state index in [2.05, 4.69) is 77.0 Å². The summed E-state index contributed by atoms with van der Waals surface area (Å²) >= 11 is 17.1. The number of hydrogen-bond acceptors (Lipinski definition) is 13. The van der Waals surface area contributed by atoms with Gasteiger partial charge < -0.3 is 25.6 Å². The highest BCUT2D eigenvalue weighted by molar-refractivity contribution is 6.31. The zero-order valence-electron chi connectivity index (χ0n) is 26.7. The van der Waals surface area contributed by atoms with Gasteiger partial charge in [0.05, 0.1) is 20.2 Å². The van der Waals surface area contributed by atoms with E-state index in [9.17, 15) is 19.2 Å². The Balaban J connectivity index is 0.000000191. The molecule has 0 atom stereocenters. The molecule has 4 aromatic rings. The van der Waals surface area contributed by atoms with Crippen molar-refractivity contribution in [3.8, 4) is 5.75 Å². The summed E-state index contributed by atoms with van der Waals surface area (Å²) in [4.78, 5) is 70.8. The third kappa shape index (κ3) is 11.7. The zero-order chi connectivity index (χ0) is 36.2. The number of rotatable bonds is 9. The van der Waals surface area contributed by atoms with Crippen molar-refractivity contribution in [3.63, 3.8) is 0 Å². The smallest absolute Gasteiger partial charge is 0.324 e.